The van der Waals surface area contributed by atoms with Gasteiger partial charge < -0.3 is 4.48 Å². The molecule has 2 heteroatoms. The molecule has 0 N–H and O–H groups in total. The van der Waals surface area contributed by atoms with Gasteiger partial charge in [0.05, 0.1) is 32.6 Å². The molecular weight excluding hydrogens is 290 g/mol. The second-order valence-corrected chi connectivity index (χ2v) is 8.38. The van der Waals surface area contributed by atoms with E-state index in [0.717, 1.165) is 11.0 Å². The molecule has 0 spiro atoms. The number of halogens is 1. The molecule has 0 aliphatic carbocycles. The van der Waals surface area contributed by atoms with Gasteiger partial charge in [0.15, 0.2) is 0 Å². The van der Waals surface area contributed by atoms with Gasteiger partial charge in [-0.3, -0.25) is 0 Å². The molecule has 0 rings (SSSR count). The molecule has 0 amide bonds. The highest BCUT2D eigenvalue weighted by Crippen LogP contribution is 2.15. The lowest BCUT2D eigenvalue weighted by Gasteiger charge is -2.31. The summed E-state index contributed by atoms with van der Waals surface area (Å²) >= 11 is 6.46. The number of hydrogen-bond acceptors (Lipinski definition) is 0. The standard InChI is InChI=1S/C20H43ClN/c1-5-7-9-10-11-12-13-14-15-16-18-22(3,4)19-20(21)17-8-6-2/h20H,5-19H2,1-4H3/q+1. The van der Waals surface area contributed by atoms with Crippen LogP contribution in [-0.4, -0.2) is 37.0 Å². The van der Waals surface area contributed by atoms with Crippen LogP contribution >= 0.6 is 11.6 Å². The van der Waals surface area contributed by atoms with Crippen LogP contribution in [0.2, 0.25) is 0 Å². The van der Waals surface area contributed by atoms with Crippen LogP contribution in [0, 0.1) is 0 Å². The fourth-order valence-corrected chi connectivity index (χ4v) is 3.70. The van der Waals surface area contributed by atoms with Crippen LogP contribution in [0.5, 0.6) is 0 Å². The third-order valence-electron chi connectivity index (χ3n) is 4.68. The number of unbranched alkanes of at least 4 members (excludes halogenated alkanes) is 10. The zero-order chi connectivity index (χ0) is 16.7. The van der Waals surface area contributed by atoms with Crippen molar-refractivity contribution >= 4 is 11.6 Å². The molecule has 0 fully saturated rings. The normalized spacial score (nSPS) is 13.5. The van der Waals surface area contributed by atoms with Crippen LogP contribution in [0.15, 0.2) is 0 Å². The van der Waals surface area contributed by atoms with Crippen LogP contribution in [-0.2, 0) is 0 Å². The first-order valence-corrected chi connectivity index (χ1v) is 10.4. The lowest BCUT2D eigenvalue weighted by atomic mass is 10.1. The van der Waals surface area contributed by atoms with E-state index < -0.39 is 0 Å². The van der Waals surface area contributed by atoms with E-state index in [-0.39, 0.29) is 0 Å². The van der Waals surface area contributed by atoms with Gasteiger partial charge in [-0.25, -0.2) is 0 Å². The molecule has 0 radical (unpaired) electrons. The first-order valence-electron chi connectivity index (χ1n) is 9.98. The fraction of sp³-hybridized carbons (Fsp3) is 1.00. The van der Waals surface area contributed by atoms with E-state index in [1.165, 1.54) is 90.0 Å². The van der Waals surface area contributed by atoms with Gasteiger partial charge in [-0.1, -0.05) is 78.1 Å². The summed E-state index contributed by atoms with van der Waals surface area (Å²) < 4.78 is 1.09. The number of hydrogen-bond donors (Lipinski definition) is 0. The van der Waals surface area contributed by atoms with Crippen LogP contribution in [0.4, 0.5) is 0 Å². The SMILES string of the molecule is CCCCCCCCCCCC[N+](C)(C)CC(Cl)CCCC. The summed E-state index contributed by atoms with van der Waals surface area (Å²) in [6.45, 7) is 6.94. The molecular formula is C20H43ClN+. The second kappa shape index (κ2) is 14.8. The Morgan fingerprint density at radius 3 is 1.64 bits per heavy atom. The summed E-state index contributed by atoms with van der Waals surface area (Å²) in [5, 5.41) is 0.359. The molecule has 134 valence electrons. The molecule has 0 saturated carbocycles. The van der Waals surface area contributed by atoms with E-state index in [1.54, 1.807) is 0 Å². The molecule has 0 aliphatic heterocycles. The molecule has 1 nitrogen and oxygen atoms in total. The molecule has 1 atom stereocenters. The van der Waals surface area contributed by atoms with Crippen LogP contribution in [0.25, 0.3) is 0 Å². The van der Waals surface area contributed by atoms with Gasteiger partial charge in [0.25, 0.3) is 0 Å². The summed E-state index contributed by atoms with van der Waals surface area (Å²) in [5.74, 6) is 0. The first kappa shape index (κ1) is 22.2. The van der Waals surface area contributed by atoms with Crippen molar-refractivity contribution < 1.29 is 4.48 Å². The third-order valence-corrected chi connectivity index (χ3v) is 5.04. The Morgan fingerprint density at radius 2 is 1.14 bits per heavy atom. The van der Waals surface area contributed by atoms with Gasteiger partial charge in [0.1, 0.15) is 0 Å². The molecule has 0 aromatic rings. The average Bonchev–Trinajstić information content (AvgIpc) is 2.46. The molecule has 0 heterocycles. The summed E-state index contributed by atoms with van der Waals surface area (Å²) in [6, 6.07) is 0. The van der Waals surface area contributed by atoms with E-state index in [2.05, 4.69) is 27.9 Å². The maximum absolute atomic E-state index is 6.46. The summed E-state index contributed by atoms with van der Waals surface area (Å²) in [6.07, 6.45) is 17.9. The Kier molecular flexibility index (Phi) is 15.0. The topological polar surface area (TPSA) is 0 Å². The highest BCUT2D eigenvalue weighted by molar-refractivity contribution is 6.20. The minimum absolute atomic E-state index is 0.359. The van der Waals surface area contributed by atoms with Crippen molar-refractivity contribution in [3.8, 4) is 0 Å². The molecule has 0 aliphatic rings. The minimum atomic E-state index is 0.359. The van der Waals surface area contributed by atoms with E-state index in [4.69, 9.17) is 11.6 Å². The minimum Gasteiger partial charge on any atom is -0.327 e. The first-order chi connectivity index (χ1) is 10.5. The van der Waals surface area contributed by atoms with Gasteiger partial charge in [0.2, 0.25) is 0 Å². The number of nitrogens with zero attached hydrogens (tertiary/aromatic N) is 1. The Labute approximate surface area is 146 Å². The van der Waals surface area contributed by atoms with Crippen LogP contribution in [0.3, 0.4) is 0 Å². The summed E-state index contributed by atoms with van der Waals surface area (Å²) in [5.41, 5.74) is 0. The Bertz CT molecular complexity index is 228. The molecule has 0 aromatic carbocycles. The van der Waals surface area contributed by atoms with E-state index in [1.807, 2.05) is 0 Å². The zero-order valence-corrected chi connectivity index (χ0v) is 16.8. The van der Waals surface area contributed by atoms with Crippen molar-refractivity contribution in [3.05, 3.63) is 0 Å². The lowest BCUT2D eigenvalue weighted by Crippen LogP contribution is -2.44. The van der Waals surface area contributed by atoms with Crippen molar-refractivity contribution in [1.29, 1.82) is 0 Å². The highest BCUT2D eigenvalue weighted by Gasteiger charge is 2.19. The fourth-order valence-electron chi connectivity index (χ4n) is 3.17. The molecule has 0 saturated heterocycles. The highest BCUT2D eigenvalue weighted by atomic mass is 35.5. The van der Waals surface area contributed by atoms with Crippen LogP contribution < -0.4 is 0 Å². The van der Waals surface area contributed by atoms with Gasteiger partial charge >= 0.3 is 0 Å². The maximum Gasteiger partial charge on any atom is 0.0948 e. The largest absolute Gasteiger partial charge is 0.327 e. The number of alkyl halides is 1. The van der Waals surface area contributed by atoms with Crippen molar-refractivity contribution in [2.75, 3.05) is 27.2 Å². The van der Waals surface area contributed by atoms with Crippen LogP contribution in [0.1, 0.15) is 97.3 Å². The van der Waals surface area contributed by atoms with Gasteiger partial charge in [-0.05, 0) is 19.3 Å². The van der Waals surface area contributed by atoms with E-state index in [0.29, 0.717) is 5.38 Å². The summed E-state index contributed by atoms with van der Waals surface area (Å²) in [4.78, 5) is 0. The molecule has 0 bridgehead atoms. The van der Waals surface area contributed by atoms with E-state index >= 15 is 0 Å². The summed E-state index contributed by atoms with van der Waals surface area (Å²) in [7, 11) is 4.68. The Morgan fingerprint density at radius 1 is 0.682 bits per heavy atom. The molecule has 0 aromatic heterocycles. The number of quaternary nitrogens is 1. The van der Waals surface area contributed by atoms with Crippen molar-refractivity contribution in [2.45, 2.75) is 103 Å². The van der Waals surface area contributed by atoms with Crippen molar-refractivity contribution in [2.24, 2.45) is 0 Å². The van der Waals surface area contributed by atoms with Crippen molar-refractivity contribution in [1.82, 2.24) is 0 Å². The Hall–Kier alpha value is 0.250. The lowest BCUT2D eigenvalue weighted by molar-refractivity contribution is -0.890. The third kappa shape index (κ3) is 15.2. The quantitative estimate of drug-likeness (QED) is 0.166. The molecule has 22 heavy (non-hydrogen) atoms. The Balaban J connectivity index is 3.44. The second-order valence-electron chi connectivity index (χ2n) is 7.76. The van der Waals surface area contributed by atoms with Gasteiger partial charge in [0, 0.05) is 0 Å². The van der Waals surface area contributed by atoms with Crippen molar-refractivity contribution in [3.63, 3.8) is 0 Å². The predicted molar refractivity (Wildman–Crippen MR) is 103 cm³/mol. The van der Waals surface area contributed by atoms with E-state index in [9.17, 15) is 0 Å². The monoisotopic (exact) mass is 332 g/mol. The molecule has 1 unspecified atom stereocenters. The average molecular weight is 333 g/mol. The zero-order valence-electron chi connectivity index (χ0n) is 16.0. The van der Waals surface area contributed by atoms with Gasteiger partial charge in [-0.2, -0.15) is 0 Å². The smallest absolute Gasteiger partial charge is 0.0948 e. The number of rotatable bonds is 16. The van der Waals surface area contributed by atoms with Gasteiger partial charge in [-0.15, -0.1) is 11.6 Å². The maximum atomic E-state index is 6.46. The predicted octanol–water partition coefficient (Wildman–Crippen LogP) is 6.78.